The van der Waals surface area contributed by atoms with Gasteiger partial charge in [-0.25, -0.2) is 4.39 Å². The molecule has 1 aromatic carbocycles. The average Bonchev–Trinajstić information content (AvgIpc) is 2.44. The van der Waals surface area contributed by atoms with E-state index in [1.165, 1.54) is 18.2 Å². The molecule has 1 unspecified atom stereocenters. The number of aliphatic carboxylic acids is 1. The molecule has 0 aliphatic carbocycles. The SMILES string of the molecule is Cc1cc(C(=O)C(CCC(=O)O)NCCCO)ccc1F. The predicted octanol–water partition coefficient (Wildman–Crippen LogP) is 1.52. The summed E-state index contributed by atoms with van der Waals surface area (Å²) in [5.74, 6) is -1.63. The van der Waals surface area contributed by atoms with Crippen LogP contribution in [0.1, 0.15) is 35.2 Å². The smallest absolute Gasteiger partial charge is 0.303 e. The minimum Gasteiger partial charge on any atom is -0.481 e. The maximum atomic E-state index is 13.2. The first-order chi connectivity index (χ1) is 9.95. The van der Waals surface area contributed by atoms with E-state index in [-0.39, 0.29) is 31.0 Å². The summed E-state index contributed by atoms with van der Waals surface area (Å²) >= 11 is 0. The van der Waals surface area contributed by atoms with Gasteiger partial charge in [-0.05, 0) is 50.1 Å². The summed E-state index contributed by atoms with van der Waals surface area (Å²) in [5, 5.41) is 20.4. The molecule has 0 saturated heterocycles. The van der Waals surface area contributed by atoms with Gasteiger partial charge in [0.1, 0.15) is 5.82 Å². The third-order valence-electron chi connectivity index (χ3n) is 3.13. The number of ketones is 1. The van der Waals surface area contributed by atoms with E-state index in [1.807, 2.05) is 0 Å². The molecule has 0 fully saturated rings. The molecule has 0 heterocycles. The number of carboxylic acids is 1. The number of hydrogen-bond acceptors (Lipinski definition) is 4. The van der Waals surface area contributed by atoms with E-state index in [0.717, 1.165) is 0 Å². The van der Waals surface area contributed by atoms with Gasteiger partial charge in [0.25, 0.3) is 0 Å². The first-order valence-corrected chi connectivity index (χ1v) is 6.82. The summed E-state index contributed by atoms with van der Waals surface area (Å²) in [6.45, 7) is 1.97. The van der Waals surface area contributed by atoms with E-state index in [1.54, 1.807) is 6.92 Å². The van der Waals surface area contributed by atoms with Gasteiger partial charge >= 0.3 is 5.97 Å². The number of rotatable bonds is 9. The van der Waals surface area contributed by atoms with Gasteiger partial charge in [0.15, 0.2) is 5.78 Å². The van der Waals surface area contributed by atoms with Gasteiger partial charge in [-0.15, -0.1) is 0 Å². The van der Waals surface area contributed by atoms with E-state index in [9.17, 15) is 14.0 Å². The van der Waals surface area contributed by atoms with Gasteiger partial charge in [0, 0.05) is 18.6 Å². The molecule has 0 aliphatic heterocycles. The van der Waals surface area contributed by atoms with Gasteiger partial charge < -0.3 is 15.5 Å². The fourth-order valence-electron chi connectivity index (χ4n) is 1.95. The Morgan fingerprint density at radius 2 is 2.10 bits per heavy atom. The molecule has 0 aliphatic rings. The number of aryl methyl sites for hydroxylation is 1. The number of halogens is 1. The maximum Gasteiger partial charge on any atom is 0.303 e. The lowest BCUT2D eigenvalue weighted by Crippen LogP contribution is -2.38. The molecular formula is C15H20FNO4. The second-order valence-corrected chi connectivity index (χ2v) is 4.84. The third kappa shape index (κ3) is 5.61. The predicted molar refractivity (Wildman–Crippen MR) is 75.8 cm³/mol. The molecule has 0 aromatic heterocycles. The number of carbonyl (C=O) groups is 2. The first-order valence-electron chi connectivity index (χ1n) is 6.82. The highest BCUT2D eigenvalue weighted by Crippen LogP contribution is 2.13. The molecule has 6 heteroatoms. The van der Waals surface area contributed by atoms with Crippen molar-refractivity contribution >= 4 is 11.8 Å². The Morgan fingerprint density at radius 3 is 2.67 bits per heavy atom. The fourth-order valence-corrected chi connectivity index (χ4v) is 1.95. The number of aliphatic hydroxyl groups is 1. The third-order valence-corrected chi connectivity index (χ3v) is 3.13. The Balaban J connectivity index is 2.81. The minimum atomic E-state index is -0.980. The molecule has 3 N–H and O–H groups in total. The fraction of sp³-hybridized carbons (Fsp3) is 0.467. The standard InChI is InChI=1S/C15H20FNO4/c1-10-9-11(3-4-12(10)16)15(21)13(5-6-14(19)20)17-7-2-8-18/h3-4,9,13,17-18H,2,5-8H2,1H3,(H,19,20). The summed E-state index contributed by atoms with van der Waals surface area (Å²) < 4.78 is 13.2. The zero-order valence-electron chi connectivity index (χ0n) is 11.9. The van der Waals surface area contributed by atoms with E-state index in [2.05, 4.69) is 5.32 Å². The van der Waals surface area contributed by atoms with Crippen molar-refractivity contribution in [2.45, 2.75) is 32.2 Å². The van der Waals surface area contributed by atoms with Crippen molar-refractivity contribution in [2.24, 2.45) is 0 Å². The average molecular weight is 297 g/mol. The monoisotopic (exact) mass is 297 g/mol. The Kier molecular flexibility index (Phi) is 6.98. The zero-order valence-corrected chi connectivity index (χ0v) is 11.9. The van der Waals surface area contributed by atoms with E-state index in [4.69, 9.17) is 10.2 Å². The second-order valence-electron chi connectivity index (χ2n) is 4.84. The van der Waals surface area contributed by atoms with Crippen molar-refractivity contribution in [2.75, 3.05) is 13.2 Å². The molecule has 0 spiro atoms. The van der Waals surface area contributed by atoms with Crippen molar-refractivity contribution in [3.8, 4) is 0 Å². The lowest BCUT2D eigenvalue weighted by atomic mass is 9.98. The topological polar surface area (TPSA) is 86.6 Å². The van der Waals surface area contributed by atoms with Crippen LogP contribution in [-0.4, -0.2) is 41.2 Å². The van der Waals surface area contributed by atoms with Crippen LogP contribution in [0.5, 0.6) is 0 Å². The Hall–Kier alpha value is -1.79. The van der Waals surface area contributed by atoms with Gasteiger partial charge in [0.2, 0.25) is 0 Å². The number of benzene rings is 1. The summed E-state index contributed by atoms with van der Waals surface area (Å²) in [6, 6.07) is 3.42. The minimum absolute atomic E-state index is 0.0114. The molecule has 5 nitrogen and oxygen atoms in total. The zero-order chi connectivity index (χ0) is 15.8. The van der Waals surface area contributed by atoms with Gasteiger partial charge in [-0.3, -0.25) is 9.59 Å². The number of carbonyl (C=O) groups excluding carboxylic acids is 1. The van der Waals surface area contributed by atoms with Crippen LogP contribution in [-0.2, 0) is 4.79 Å². The van der Waals surface area contributed by atoms with Crippen molar-refractivity contribution in [3.05, 3.63) is 35.1 Å². The largest absolute Gasteiger partial charge is 0.481 e. The molecule has 1 aromatic rings. The normalized spacial score (nSPS) is 12.1. The van der Waals surface area contributed by atoms with E-state index < -0.39 is 12.0 Å². The lowest BCUT2D eigenvalue weighted by molar-refractivity contribution is -0.137. The molecule has 0 amide bonds. The van der Waals surface area contributed by atoms with Crippen molar-refractivity contribution in [1.82, 2.24) is 5.32 Å². The van der Waals surface area contributed by atoms with Crippen LogP contribution in [0.15, 0.2) is 18.2 Å². The van der Waals surface area contributed by atoms with E-state index in [0.29, 0.717) is 24.1 Å². The Morgan fingerprint density at radius 1 is 1.38 bits per heavy atom. The van der Waals surface area contributed by atoms with Gasteiger partial charge in [-0.1, -0.05) is 0 Å². The summed E-state index contributed by atoms with van der Waals surface area (Å²) in [5.41, 5.74) is 0.717. The van der Waals surface area contributed by atoms with Crippen LogP contribution in [0.3, 0.4) is 0 Å². The highest BCUT2D eigenvalue weighted by atomic mass is 19.1. The highest BCUT2D eigenvalue weighted by molar-refractivity contribution is 6.00. The van der Waals surface area contributed by atoms with Crippen LogP contribution >= 0.6 is 0 Å². The first kappa shape index (κ1) is 17.3. The lowest BCUT2D eigenvalue weighted by Gasteiger charge is -2.17. The van der Waals surface area contributed by atoms with Crippen LogP contribution in [0, 0.1) is 12.7 Å². The van der Waals surface area contributed by atoms with Crippen LogP contribution in [0.25, 0.3) is 0 Å². The molecule has 0 radical (unpaired) electrons. The molecule has 116 valence electrons. The van der Waals surface area contributed by atoms with Gasteiger partial charge in [0.05, 0.1) is 6.04 Å². The summed E-state index contributed by atoms with van der Waals surface area (Å²) in [7, 11) is 0. The number of carboxylic acid groups (broad SMARTS) is 1. The van der Waals surface area contributed by atoms with E-state index >= 15 is 0 Å². The molecular weight excluding hydrogens is 277 g/mol. The molecule has 21 heavy (non-hydrogen) atoms. The highest BCUT2D eigenvalue weighted by Gasteiger charge is 2.21. The van der Waals surface area contributed by atoms with Crippen LogP contribution in [0.4, 0.5) is 4.39 Å². The van der Waals surface area contributed by atoms with Crippen molar-refractivity contribution in [1.29, 1.82) is 0 Å². The van der Waals surface area contributed by atoms with Crippen molar-refractivity contribution < 1.29 is 24.2 Å². The molecule has 0 bridgehead atoms. The Bertz CT molecular complexity index is 504. The number of Topliss-reactive ketones (excluding diaryl/α,β-unsaturated/α-hetero) is 1. The van der Waals surface area contributed by atoms with Crippen molar-refractivity contribution in [3.63, 3.8) is 0 Å². The summed E-state index contributed by atoms with van der Waals surface area (Å²) in [4.78, 5) is 23.0. The van der Waals surface area contributed by atoms with Gasteiger partial charge in [-0.2, -0.15) is 0 Å². The molecule has 0 saturated carbocycles. The number of aliphatic hydroxyl groups excluding tert-OH is 1. The number of nitrogens with one attached hydrogen (secondary N) is 1. The quantitative estimate of drug-likeness (QED) is 0.475. The number of hydrogen-bond donors (Lipinski definition) is 3. The second kappa shape index (κ2) is 8.49. The maximum absolute atomic E-state index is 13.2. The molecule has 1 atom stereocenters. The summed E-state index contributed by atoms with van der Waals surface area (Å²) in [6.07, 6.45) is 0.484. The Labute approximate surface area is 122 Å². The van der Waals surface area contributed by atoms with Crippen LogP contribution < -0.4 is 5.32 Å². The molecule has 1 rings (SSSR count). The van der Waals surface area contributed by atoms with Crippen LogP contribution in [0.2, 0.25) is 0 Å².